The Balaban J connectivity index is 2.37. The molecule has 25 heavy (non-hydrogen) atoms. The summed E-state index contributed by atoms with van der Waals surface area (Å²) in [4.78, 5) is 6.81. The maximum Gasteiger partial charge on any atom is 0.191 e. The highest BCUT2D eigenvalue weighted by Crippen LogP contribution is 2.14. The molecule has 0 radical (unpaired) electrons. The van der Waals surface area contributed by atoms with E-state index in [1.165, 1.54) is 0 Å². The predicted molar refractivity (Wildman–Crippen MR) is 107 cm³/mol. The molecule has 0 fully saturated rings. The lowest BCUT2D eigenvalue weighted by Gasteiger charge is -2.30. The Morgan fingerprint density at radius 3 is 2.24 bits per heavy atom. The Morgan fingerprint density at radius 2 is 1.72 bits per heavy atom. The summed E-state index contributed by atoms with van der Waals surface area (Å²) < 4.78 is 5.59. The van der Waals surface area contributed by atoms with E-state index >= 15 is 0 Å². The van der Waals surface area contributed by atoms with Crippen molar-refractivity contribution in [2.45, 2.75) is 52.3 Å². The highest BCUT2D eigenvalue weighted by Gasteiger charge is 2.13. The molecule has 1 aromatic rings. The monoisotopic (exact) mass is 348 g/mol. The van der Waals surface area contributed by atoms with Crippen molar-refractivity contribution in [1.82, 2.24) is 15.5 Å². The van der Waals surface area contributed by atoms with E-state index in [0.29, 0.717) is 18.6 Å². The first-order chi connectivity index (χ1) is 12.0. The SMILES string of the molecule is CN=C(NCCCN(C(C)C)C(C)C)NCC(OC)c1ccccc1. The van der Waals surface area contributed by atoms with Gasteiger partial charge in [0.2, 0.25) is 0 Å². The van der Waals surface area contributed by atoms with E-state index in [4.69, 9.17) is 4.74 Å². The van der Waals surface area contributed by atoms with Crippen molar-refractivity contribution in [3.05, 3.63) is 35.9 Å². The third kappa shape index (κ3) is 7.88. The number of ether oxygens (including phenoxy) is 1. The number of hydrogen-bond donors (Lipinski definition) is 2. The topological polar surface area (TPSA) is 48.9 Å². The molecule has 0 bridgehead atoms. The summed E-state index contributed by atoms with van der Waals surface area (Å²) in [6.45, 7) is 11.7. The second kappa shape index (κ2) is 11.9. The molecule has 0 spiro atoms. The third-order valence-electron chi connectivity index (χ3n) is 4.35. The summed E-state index contributed by atoms with van der Waals surface area (Å²) in [6.07, 6.45) is 1.10. The summed E-state index contributed by atoms with van der Waals surface area (Å²) in [6, 6.07) is 11.4. The number of nitrogens with one attached hydrogen (secondary N) is 2. The van der Waals surface area contributed by atoms with Crippen LogP contribution in [0, 0.1) is 0 Å². The average molecular weight is 349 g/mol. The molecule has 0 heterocycles. The van der Waals surface area contributed by atoms with E-state index in [1.54, 1.807) is 14.2 Å². The minimum Gasteiger partial charge on any atom is -0.375 e. The number of methoxy groups -OCH3 is 1. The van der Waals surface area contributed by atoms with Gasteiger partial charge in [-0.15, -0.1) is 0 Å². The Labute approximate surface area is 153 Å². The summed E-state index contributed by atoms with van der Waals surface area (Å²) in [5.41, 5.74) is 1.16. The smallest absolute Gasteiger partial charge is 0.191 e. The molecule has 5 nitrogen and oxygen atoms in total. The molecule has 0 amide bonds. The summed E-state index contributed by atoms with van der Waals surface area (Å²) in [5, 5.41) is 6.74. The van der Waals surface area contributed by atoms with Crippen molar-refractivity contribution in [2.24, 2.45) is 4.99 Å². The second-order valence-electron chi connectivity index (χ2n) is 6.79. The molecule has 0 saturated heterocycles. The molecule has 0 aliphatic heterocycles. The fraction of sp³-hybridized carbons (Fsp3) is 0.650. The van der Waals surface area contributed by atoms with Crippen LogP contribution < -0.4 is 10.6 Å². The second-order valence-corrected chi connectivity index (χ2v) is 6.79. The van der Waals surface area contributed by atoms with Gasteiger partial charge in [-0.25, -0.2) is 0 Å². The molecule has 1 unspecified atom stereocenters. The number of nitrogens with zero attached hydrogens (tertiary/aromatic N) is 2. The van der Waals surface area contributed by atoms with Gasteiger partial charge in [-0.05, 0) is 39.7 Å². The Hall–Kier alpha value is -1.59. The third-order valence-corrected chi connectivity index (χ3v) is 4.35. The lowest BCUT2D eigenvalue weighted by Crippen LogP contribution is -2.42. The Bertz CT molecular complexity index is 480. The van der Waals surface area contributed by atoms with E-state index < -0.39 is 0 Å². The van der Waals surface area contributed by atoms with E-state index in [9.17, 15) is 0 Å². The first-order valence-corrected chi connectivity index (χ1v) is 9.27. The summed E-state index contributed by atoms with van der Waals surface area (Å²) in [5.74, 6) is 0.818. The molecule has 0 saturated carbocycles. The number of hydrogen-bond acceptors (Lipinski definition) is 3. The van der Waals surface area contributed by atoms with Crippen LogP contribution in [0.2, 0.25) is 0 Å². The molecule has 0 aliphatic rings. The van der Waals surface area contributed by atoms with Crippen LogP contribution in [-0.2, 0) is 4.74 Å². The van der Waals surface area contributed by atoms with Crippen molar-refractivity contribution in [2.75, 3.05) is 33.8 Å². The maximum atomic E-state index is 5.59. The van der Waals surface area contributed by atoms with E-state index in [-0.39, 0.29) is 6.10 Å². The van der Waals surface area contributed by atoms with Crippen LogP contribution in [0.3, 0.4) is 0 Å². The van der Waals surface area contributed by atoms with Crippen molar-refractivity contribution in [3.8, 4) is 0 Å². The van der Waals surface area contributed by atoms with Crippen LogP contribution in [0.15, 0.2) is 35.3 Å². The molecule has 1 aromatic carbocycles. The van der Waals surface area contributed by atoms with E-state index in [0.717, 1.165) is 31.0 Å². The fourth-order valence-electron chi connectivity index (χ4n) is 3.00. The number of rotatable bonds is 10. The molecule has 142 valence electrons. The summed E-state index contributed by atoms with van der Waals surface area (Å²) >= 11 is 0. The Morgan fingerprint density at radius 1 is 1.08 bits per heavy atom. The van der Waals surface area contributed by atoms with Crippen molar-refractivity contribution >= 4 is 5.96 Å². The van der Waals surface area contributed by atoms with Crippen LogP contribution in [0.25, 0.3) is 0 Å². The molecule has 2 N–H and O–H groups in total. The molecule has 1 rings (SSSR count). The molecule has 0 aromatic heterocycles. The first kappa shape index (κ1) is 21.5. The van der Waals surface area contributed by atoms with Gasteiger partial charge in [0.25, 0.3) is 0 Å². The van der Waals surface area contributed by atoms with Crippen LogP contribution in [0.1, 0.15) is 45.8 Å². The number of benzene rings is 1. The maximum absolute atomic E-state index is 5.59. The van der Waals surface area contributed by atoms with Gasteiger partial charge >= 0.3 is 0 Å². The molecular weight excluding hydrogens is 312 g/mol. The highest BCUT2D eigenvalue weighted by atomic mass is 16.5. The van der Waals surface area contributed by atoms with Gasteiger partial charge in [-0.1, -0.05) is 30.3 Å². The quantitative estimate of drug-likeness (QED) is 0.388. The number of guanidine groups is 1. The zero-order valence-electron chi connectivity index (χ0n) is 16.7. The van der Waals surface area contributed by atoms with Crippen molar-refractivity contribution in [1.29, 1.82) is 0 Å². The predicted octanol–water partition coefficient (Wildman–Crippen LogP) is 3.05. The minimum absolute atomic E-state index is 0.0112. The average Bonchev–Trinajstić information content (AvgIpc) is 2.60. The van der Waals surface area contributed by atoms with Gasteiger partial charge in [-0.2, -0.15) is 0 Å². The zero-order chi connectivity index (χ0) is 18.7. The van der Waals surface area contributed by atoms with Crippen LogP contribution >= 0.6 is 0 Å². The fourth-order valence-corrected chi connectivity index (χ4v) is 3.00. The van der Waals surface area contributed by atoms with Gasteiger partial charge in [0, 0.05) is 45.9 Å². The van der Waals surface area contributed by atoms with Crippen molar-refractivity contribution < 1.29 is 4.74 Å². The van der Waals surface area contributed by atoms with E-state index in [1.807, 2.05) is 18.2 Å². The summed E-state index contributed by atoms with van der Waals surface area (Å²) in [7, 11) is 3.54. The van der Waals surface area contributed by atoms with Gasteiger partial charge in [0.05, 0.1) is 6.10 Å². The standard InChI is InChI=1S/C20H36N4O/c1-16(2)24(17(3)4)14-10-13-22-20(21-5)23-15-19(25-6)18-11-8-7-9-12-18/h7-9,11-12,16-17,19H,10,13-15H2,1-6H3,(H2,21,22,23). The minimum atomic E-state index is 0.0112. The van der Waals surface area contributed by atoms with Crippen LogP contribution in [0.5, 0.6) is 0 Å². The normalized spacial score (nSPS) is 13.6. The Kier molecular flexibility index (Phi) is 10.2. The van der Waals surface area contributed by atoms with Crippen LogP contribution in [-0.4, -0.2) is 56.7 Å². The first-order valence-electron chi connectivity index (χ1n) is 9.27. The lowest BCUT2D eigenvalue weighted by molar-refractivity contribution is 0.106. The lowest BCUT2D eigenvalue weighted by atomic mass is 10.1. The molecule has 5 heteroatoms. The molecule has 0 aliphatic carbocycles. The molecular formula is C20H36N4O. The van der Waals surface area contributed by atoms with Gasteiger partial charge < -0.3 is 15.4 Å². The highest BCUT2D eigenvalue weighted by molar-refractivity contribution is 5.79. The zero-order valence-corrected chi connectivity index (χ0v) is 16.7. The van der Waals surface area contributed by atoms with Crippen molar-refractivity contribution in [3.63, 3.8) is 0 Å². The van der Waals surface area contributed by atoms with Crippen LogP contribution in [0.4, 0.5) is 0 Å². The molecule has 1 atom stereocenters. The van der Waals surface area contributed by atoms with Gasteiger partial charge in [0.15, 0.2) is 5.96 Å². The van der Waals surface area contributed by atoms with E-state index in [2.05, 4.69) is 60.4 Å². The van der Waals surface area contributed by atoms with Gasteiger partial charge in [0.1, 0.15) is 0 Å². The largest absolute Gasteiger partial charge is 0.375 e. The van der Waals surface area contributed by atoms with Gasteiger partial charge in [-0.3, -0.25) is 9.89 Å². The number of aliphatic imine (C=N–C) groups is 1.